The summed E-state index contributed by atoms with van der Waals surface area (Å²) in [5.74, 6) is -4.31. The van der Waals surface area contributed by atoms with Crippen molar-refractivity contribution in [2.24, 2.45) is 11.8 Å². The normalized spacial score (nSPS) is 20.3. The second kappa shape index (κ2) is 7.58. The molecule has 128 valence electrons. The summed E-state index contributed by atoms with van der Waals surface area (Å²) < 4.78 is 9.50. The zero-order valence-electron chi connectivity index (χ0n) is 12.6. The molecule has 2 N–H and O–H groups in total. The average Bonchev–Trinajstić information content (AvgIpc) is 2.56. The van der Waals surface area contributed by atoms with E-state index in [2.05, 4.69) is 4.74 Å². The monoisotopic (exact) mass is 336 g/mol. The average molecular weight is 336 g/mol. The number of carboxylic acids is 2. The third-order valence-electron chi connectivity index (χ3n) is 4.14. The van der Waals surface area contributed by atoms with Crippen molar-refractivity contribution in [3.63, 3.8) is 0 Å². The van der Waals surface area contributed by atoms with Crippen molar-refractivity contribution in [2.75, 3.05) is 6.61 Å². The van der Waals surface area contributed by atoms with Gasteiger partial charge in [0.05, 0.1) is 11.8 Å². The SMILES string of the molecule is O=COCC(OC=O)c1ccc2c(c1)CC(C(=O)O)C(C(=O)O)C2. The Balaban J connectivity index is 2.31. The quantitative estimate of drug-likeness (QED) is 0.660. The molecule has 0 heterocycles. The Morgan fingerprint density at radius 1 is 1.08 bits per heavy atom. The highest BCUT2D eigenvalue weighted by Crippen LogP contribution is 2.33. The summed E-state index contributed by atoms with van der Waals surface area (Å²) in [6.45, 7) is 0.303. The lowest BCUT2D eigenvalue weighted by molar-refractivity contribution is -0.154. The van der Waals surface area contributed by atoms with Crippen molar-refractivity contribution < 1.29 is 38.9 Å². The maximum absolute atomic E-state index is 11.3. The third kappa shape index (κ3) is 3.70. The molecule has 24 heavy (non-hydrogen) atoms. The van der Waals surface area contributed by atoms with Gasteiger partial charge in [0.2, 0.25) is 0 Å². The first kappa shape index (κ1) is 17.5. The zero-order valence-corrected chi connectivity index (χ0v) is 12.6. The summed E-state index contributed by atoms with van der Waals surface area (Å²) in [6.07, 6.45) is -0.623. The summed E-state index contributed by atoms with van der Waals surface area (Å²) in [5, 5.41) is 18.5. The number of aliphatic carboxylic acids is 2. The van der Waals surface area contributed by atoms with Crippen molar-refractivity contribution in [1.29, 1.82) is 0 Å². The summed E-state index contributed by atoms with van der Waals surface area (Å²) in [5.41, 5.74) is 1.97. The molecule has 1 aromatic carbocycles. The number of fused-ring (bicyclic) bond motifs is 1. The van der Waals surface area contributed by atoms with Crippen LogP contribution in [0.3, 0.4) is 0 Å². The van der Waals surface area contributed by atoms with Crippen LogP contribution in [0.4, 0.5) is 0 Å². The summed E-state index contributed by atoms with van der Waals surface area (Å²) in [4.78, 5) is 43.5. The minimum Gasteiger partial charge on any atom is -0.481 e. The maximum atomic E-state index is 11.3. The molecule has 1 aliphatic rings. The van der Waals surface area contributed by atoms with Gasteiger partial charge in [-0.2, -0.15) is 0 Å². The van der Waals surface area contributed by atoms with Crippen LogP contribution in [0.2, 0.25) is 0 Å². The lowest BCUT2D eigenvalue weighted by Crippen LogP contribution is -2.36. The first-order valence-corrected chi connectivity index (χ1v) is 7.19. The fraction of sp³-hybridized carbons (Fsp3) is 0.375. The topological polar surface area (TPSA) is 127 Å². The molecule has 0 spiro atoms. The Kier molecular flexibility index (Phi) is 5.51. The molecule has 0 radical (unpaired) electrons. The van der Waals surface area contributed by atoms with E-state index in [4.69, 9.17) is 4.74 Å². The molecule has 0 aliphatic heterocycles. The molecule has 0 bridgehead atoms. The summed E-state index contributed by atoms with van der Waals surface area (Å²) >= 11 is 0. The lowest BCUT2D eigenvalue weighted by atomic mass is 9.75. The van der Waals surface area contributed by atoms with Crippen LogP contribution < -0.4 is 0 Å². The Morgan fingerprint density at radius 2 is 1.71 bits per heavy atom. The van der Waals surface area contributed by atoms with Crippen LogP contribution >= 0.6 is 0 Å². The van der Waals surface area contributed by atoms with Crippen LogP contribution in [0.5, 0.6) is 0 Å². The van der Waals surface area contributed by atoms with Gasteiger partial charge in [-0.1, -0.05) is 18.2 Å². The number of hydrogen-bond donors (Lipinski definition) is 2. The number of hydrogen-bond acceptors (Lipinski definition) is 6. The number of rotatable bonds is 8. The van der Waals surface area contributed by atoms with Crippen molar-refractivity contribution >= 4 is 24.9 Å². The molecule has 0 amide bonds. The van der Waals surface area contributed by atoms with E-state index < -0.39 is 29.9 Å². The van der Waals surface area contributed by atoms with Crippen LogP contribution in [-0.2, 0) is 41.5 Å². The molecule has 0 fully saturated rings. The first-order chi connectivity index (χ1) is 11.5. The van der Waals surface area contributed by atoms with Crippen LogP contribution in [0, 0.1) is 11.8 Å². The van der Waals surface area contributed by atoms with Gasteiger partial charge in [-0.15, -0.1) is 0 Å². The molecular formula is C16H16O8. The molecule has 1 aliphatic carbocycles. The largest absolute Gasteiger partial charge is 0.481 e. The fourth-order valence-electron chi connectivity index (χ4n) is 2.92. The number of carboxylic acid groups (broad SMARTS) is 2. The molecule has 3 atom stereocenters. The van der Waals surface area contributed by atoms with E-state index in [1.54, 1.807) is 18.2 Å². The van der Waals surface area contributed by atoms with Gasteiger partial charge in [0.15, 0.2) is 6.10 Å². The smallest absolute Gasteiger partial charge is 0.307 e. The van der Waals surface area contributed by atoms with Gasteiger partial charge in [0.1, 0.15) is 6.61 Å². The van der Waals surface area contributed by atoms with Crippen LogP contribution in [0.1, 0.15) is 22.8 Å². The van der Waals surface area contributed by atoms with Crippen LogP contribution in [-0.4, -0.2) is 41.7 Å². The Labute approximate surface area is 137 Å². The van der Waals surface area contributed by atoms with E-state index in [-0.39, 0.29) is 32.4 Å². The van der Waals surface area contributed by atoms with E-state index in [0.29, 0.717) is 11.1 Å². The van der Waals surface area contributed by atoms with Gasteiger partial charge in [0.25, 0.3) is 12.9 Å². The molecule has 8 nitrogen and oxygen atoms in total. The second-order valence-corrected chi connectivity index (χ2v) is 5.48. The lowest BCUT2D eigenvalue weighted by Gasteiger charge is -2.28. The Hall–Kier alpha value is -2.90. The first-order valence-electron chi connectivity index (χ1n) is 7.19. The van der Waals surface area contributed by atoms with E-state index in [1.165, 1.54) is 0 Å². The van der Waals surface area contributed by atoms with E-state index in [1.807, 2.05) is 0 Å². The van der Waals surface area contributed by atoms with Crippen molar-refractivity contribution in [3.8, 4) is 0 Å². The van der Waals surface area contributed by atoms with Crippen molar-refractivity contribution in [3.05, 3.63) is 34.9 Å². The second-order valence-electron chi connectivity index (χ2n) is 5.48. The molecule has 8 heteroatoms. The molecule has 3 unspecified atom stereocenters. The highest BCUT2D eigenvalue weighted by atomic mass is 16.6. The predicted octanol–water partition coefficient (Wildman–Crippen LogP) is 0.574. The highest BCUT2D eigenvalue weighted by molar-refractivity contribution is 5.81. The maximum Gasteiger partial charge on any atom is 0.307 e. The number of carbonyl (C=O) groups is 4. The zero-order chi connectivity index (χ0) is 17.7. The van der Waals surface area contributed by atoms with E-state index in [9.17, 15) is 29.4 Å². The van der Waals surface area contributed by atoms with E-state index in [0.717, 1.165) is 5.56 Å². The highest BCUT2D eigenvalue weighted by Gasteiger charge is 2.38. The molecule has 0 saturated heterocycles. The van der Waals surface area contributed by atoms with Crippen molar-refractivity contribution in [2.45, 2.75) is 18.9 Å². The molecular weight excluding hydrogens is 320 g/mol. The number of carbonyl (C=O) groups excluding carboxylic acids is 2. The van der Waals surface area contributed by atoms with Gasteiger partial charge in [0, 0.05) is 0 Å². The van der Waals surface area contributed by atoms with Gasteiger partial charge < -0.3 is 19.7 Å². The molecule has 1 aromatic rings. The molecule has 2 rings (SSSR count). The van der Waals surface area contributed by atoms with Gasteiger partial charge >= 0.3 is 11.9 Å². The summed E-state index contributed by atoms with van der Waals surface area (Å²) in [7, 11) is 0. The predicted molar refractivity (Wildman–Crippen MR) is 78.0 cm³/mol. The number of ether oxygens (including phenoxy) is 2. The van der Waals surface area contributed by atoms with Gasteiger partial charge in [-0.25, -0.2) is 0 Å². The number of benzene rings is 1. The minimum atomic E-state index is -1.16. The van der Waals surface area contributed by atoms with Gasteiger partial charge in [-0.3, -0.25) is 19.2 Å². The van der Waals surface area contributed by atoms with Gasteiger partial charge in [-0.05, 0) is 29.5 Å². The molecule has 0 aromatic heterocycles. The van der Waals surface area contributed by atoms with Crippen molar-refractivity contribution in [1.82, 2.24) is 0 Å². The molecule has 0 saturated carbocycles. The minimum absolute atomic E-state index is 0.0673. The van der Waals surface area contributed by atoms with E-state index >= 15 is 0 Å². The Bertz CT molecular complexity index is 653. The fourth-order valence-corrected chi connectivity index (χ4v) is 2.92. The third-order valence-corrected chi connectivity index (χ3v) is 4.14. The van der Waals surface area contributed by atoms with Crippen LogP contribution in [0.25, 0.3) is 0 Å². The summed E-state index contributed by atoms with van der Waals surface area (Å²) in [6, 6.07) is 4.98. The Morgan fingerprint density at radius 3 is 2.25 bits per heavy atom. The van der Waals surface area contributed by atoms with Crippen LogP contribution in [0.15, 0.2) is 18.2 Å². The standard InChI is InChI=1S/C16H16O8/c17-7-23-6-14(24-8-18)10-2-1-9-4-12(15(19)20)13(16(21)22)5-11(9)3-10/h1-3,7-8,12-14H,4-6H2,(H,19,20)(H,21,22).